The van der Waals surface area contributed by atoms with E-state index in [1.54, 1.807) is 24.3 Å². The molecule has 0 bridgehead atoms. The van der Waals surface area contributed by atoms with Crippen molar-refractivity contribution < 1.29 is 14.7 Å². The summed E-state index contributed by atoms with van der Waals surface area (Å²) in [7, 11) is 0. The van der Waals surface area contributed by atoms with Crippen molar-refractivity contribution in [2.45, 2.75) is 11.8 Å². The lowest BCUT2D eigenvalue weighted by Crippen LogP contribution is -2.18. The molecule has 0 saturated heterocycles. The van der Waals surface area contributed by atoms with Crippen molar-refractivity contribution >= 4 is 23.6 Å². The van der Waals surface area contributed by atoms with Gasteiger partial charge in [0, 0.05) is 11.8 Å². The predicted octanol–water partition coefficient (Wildman–Crippen LogP) is 1.57. The van der Waals surface area contributed by atoms with Crippen LogP contribution in [0, 0.1) is 0 Å². The number of thioether (sulfide) groups is 1. The number of hydrogen-bond donors (Lipinski definition) is 2. The van der Waals surface area contributed by atoms with Gasteiger partial charge in [0.2, 0.25) is 5.91 Å². The first kappa shape index (κ1) is 11.6. The van der Waals surface area contributed by atoms with Crippen LogP contribution in [0.1, 0.15) is 17.3 Å². The van der Waals surface area contributed by atoms with Crippen molar-refractivity contribution in [3.8, 4) is 0 Å². The molecule has 1 amide bonds. The molecule has 0 atom stereocenters. The van der Waals surface area contributed by atoms with Gasteiger partial charge in [-0.05, 0) is 12.1 Å². The molecular formula is C10H11NO3S. The van der Waals surface area contributed by atoms with Gasteiger partial charge >= 0.3 is 5.97 Å². The molecule has 0 spiro atoms. The average Bonchev–Trinajstić information content (AvgIpc) is 2.17. The van der Waals surface area contributed by atoms with E-state index in [2.05, 4.69) is 5.32 Å². The van der Waals surface area contributed by atoms with E-state index in [9.17, 15) is 9.59 Å². The highest BCUT2D eigenvalue weighted by Crippen LogP contribution is 2.21. The van der Waals surface area contributed by atoms with Gasteiger partial charge < -0.3 is 10.4 Å². The maximum absolute atomic E-state index is 10.8. The third kappa shape index (κ3) is 3.63. The number of carbonyl (C=O) groups excluding carboxylic acids is 1. The standard InChI is InChI=1S/C10H11NO3S/c1-7(12)11-6-15-9-5-3-2-4-8(9)10(13)14/h2-5H,6H2,1H3,(H,11,12)(H,13,14). The lowest BCUT2D eigenvalue weighted by Gasteiger charge is -2.05. The second kappa shape index (κ2) is 5.41. The van der Waals surface area contributed by atoms with E-state index in [0.29, 0.717) is 10.8 Å². The second-order valence-corrected chi connectivity index (χ2v) is 3.84. The summed E-state index contributed by atoms with van der Waals surface area (Å²) in [6.07, 6.45) is 0. The number of carboxylic acid groups (broad SMARTS) is 1. The van der Waals surface area contributed by atoms with Crippen molar-refractivity contribution in [3.63, 3.8) is 0 Å². The smallest absolute Gasteiger partial charge is 0.336 e. The minimum Gasteiger partial charge on any atom is -0.478 e. The lowest BCUT2D eigenvalue weighted by atomic mass is 10.2. The van der Waals surface area contributed by atoms with E-state index in [0.717, 1.165) is 0 Å². The van der Waals surface area contributed by atoms with Crippen LogP contribution in [0.5, 0.6) is 0 Å². The summed E-state index contributed by atoms with van der Waals surface area (Å²) in [5.74, 6) is -0.712. The molecule has 0 radical (unpaired) electrons. The molecule has 4 nitrogen and oxygen atoms in total. The fraction of sp³-hybridized carbons (Fsp3) is 0.200. The fourth-order valence-electron chi connectivity index (χ4n) is 0.985. The summed E-state index contributed by atoms with van der Waals surface area (Å²) < 4.78 is 0. The number of rotatable bonds is 4. The van der Waals surface area contributed by atoms with Crippen molar-refractivity contribution in [2.75, 3.05) is 5.88 Å². The normalized spacial score (nSPS) is 9.67. The molecule has 0 unspecified atom stereocenters. The van der Waals surface area contributed by atoms with Crippen LogP contribution in [-0.4, -0.2) is 22.9 Å². The second-order valence-electron chi connectivity index (χ2n) is 2.82. The molecule has 2 N–H and O–H groups in total. The molecule has 0 heterocycles. The highest BCUT2D eigenvalue weighted by Gasteiger charge is 2.08. The Morgan fingerprint density at radius 3 is 2.67 bits per heavy atom. The largest absolute Gasteiger partial charge is 0.478 e. The number of nitrogens with one attached hydrogen (secondary N) is 1. The van der Waals surface area contributed by atoms with Crippen molar-refractivity contribution in [1.29, 1.82) is 0 Å². The van der Waals surface area contributed by atoms with E-state index >= 15 is 0 Å². The molecule has 0 saturated carbocycles. The highest BCUT2D eigenvalue weighted by molar-refractivity contribution is 7.99. The lowest BCUT2D eigenvalue weighted by molar-refractivity contribution is -0.118. The van der Waals surface area contributed by atoms with Crippen molar-refractivity contribution in [2.24, 2.45) is 0 Å². The maximum Gasteiger partial charge on any atom is 0.336 e. The SMILES string of the molecule is CC(=O)NCSc1ccccc1C(=O)O. The average molecular weight is 225 g/mol. The van der Waals surface area contributed by atoms with Gasteiger partial charge in [0.25, 0.3) is 0 Å². The van der Waals surface area contributed by atoms with Gasteiger partial charge in [-0.2, -0.15) is 0 Å². The summed E-state index contributed by atoms with van der Waals surface area (Å²) >= 11 is 1.29. The number of carbonyl (C=O) groups is 2. The van der Waals surface area contributed by atoms with E-state index < -0.39 is 5.97 Å². The molecule has 0 aromatic heterocycles. The molecule has 1 aromatic rings. The van der Waals surface area contributed by atoms with Gasteiger partial charge in [-0.3, -0.25) is 4.79 Å². The molecule has 0 fully saturated rings. The van der Waals surface area contributed by atoms with Crippen LogP contribution in [0.4, 0.5) is 0 Å². The van der Waals surface area contributed by atoms with Gasteiger partial charge in [0.15, 0.2) is 0 Å². The first-order chi connectivity index (χ1) is 7.11. The number of amides is 1. The molecule has 5 heteroatoms. The van der Waals surface area contributed by atoms with E-state index in [4.69, 9.17) is 5.11 Å². The zero-order valence-electron chi connectivity index (χ0n) is 8.19. The summed E-state index contributed by atoms with van der Waals surface area (Å²) in [4.78, 5) is 22.1. The summed E-state index contributed by atoms with van der Waals surface area (Å²) in [6, 6.07) is 6.70. The van der Waals surface area contributed by atoms with Crippen LogP contribution in [0.3, 0.4) is 0 Å². The third-order valence-electron chi connectivity index (χ3n) is 1.67. The van der Waals surface area contributed by atoms with E-state index in [1.807, 2.05) is 0 Å². The molecule has 1 rings (SSSR count). The van der Waals surface area contributed by atoms with Crippen LogP contribution < -0.4 is 5.32 Å². The van der Waals surface area contributed by atoms with Gasteiger partial charge in [0.05, 0.1) is 11.4 Å². The Morgan fingerprint density at radius 1 is 1.40 bits per heavy atom. The van der Waals surface area contributed by atoms with Crippen LogP contribution in [-0.2, 0) is 4.79 Å². The molecule has 15 heavy (non-hydrogen) atoms. The van der Waals surface area contributed by atoms with Gasteiger partial charge in [0.1, 0.15) is 0 Å². The fourth-order valence-corrected chi connectivity index (χ4v) is 1.90. The monoisotopic (exact) mass is 225 g/mol. The van der Waals surface area contributed by atoms with Gasteiger partial charge in [-0.15, -0.1) is 11.8 Å². The van der Waals surface area contributed by atoms with E-state index in [1.165, 1.54) is 18.7 Å². The van der Waals surface area contributed by atoms with Crippen molar-refractivity contribution in [1.82, 2.24) is 5.32 Å². The zero-order chi connectivity index (χ0) is 11.3. The summed E-state index contributed by atoms with van der Waals surface area (Å²) in [5, 5.41) is 11.5. The Hall–Kier alpha value is -1.49. The zero-order valence-corrected chi connectivity index (χ0v) is 9.00. The summed E-state index contributed by atoms with van der Waals surface area (Å²) in [6.45, 7) is 1.42. The van der Waals surface area contributed by atoms with Crippen LogP contribution in [0.25, 0.3) is 0 Å². The topological polar surface area (TPSA) is 66.4 Å². The Labute approximate surface area is 91.7 Å². The quantitative estimate of drug-likeness (QED) is 0.603. The van der Waals surface area contributed by atoms with Crippen LogP contribution in [0.15, 0.2) is 29.2 Å². The Kier molecular flexibility index (Phi) is 4.17. The van der Waals surface area contributed by atoms with Crippen LogP contribution >= 0.6 is 11.8 Å². The molecule has 0 aliphatic rings. The third-order valence-corrected chi connectivity index (χ3v) is 2.62. The molecule has 80 valence electrons. The first-order valence-corrected chi connectivity index (χ1v) is 5.29. The number of carboxylic acids is 1. The molecular weight excluding hydrogens is 214 g/mol. The van der Waals surface area contributed by atoms with Crippen LogP contribution in [0.2, 0.25) is 0 Å². The first-order valence-electron chi connectivity index (χ1n) is 4.31. The minimum absolute atomic E-state index is 0.129. The Morgan fingerprint density at radius 2 is 2.07 bits per heavy atom. The molecule has 1 aromatic carbocycles. The van der Waals surface area contributed by atoms with Gasteiger partial charge in [-0.25, -0.2) is 4.79 Å². The minimum atomic E-state index is -0.957. The highest BCUT2D eigenvalue weighted by atomic mass is 32.2. The number of hydrogen-bond acceptors (Lipinski definition) is 3. The molecule has 0 aliphatic carbocycles. The number of aromatic carboxylic acids is 1. The Balaban J connectivity index is 2.67. The molecule has 0 aliphatic heterocycles. The van der Waals surface area contributed by atoms with Gasteiger partial charge in [-0.1, -0.05) is 12.1 Å². The van der Waals surface area contributed by atoms with E-state index in [-0.39, 0.29) is 11.5 Å². The predicted molar refractivity (Wildman–Crippen MR) is 57.9 cm³/mol. The maximum atomic E-state index is 10.8. The van der Waals surface area contributed by atoms with Crippen molar-refractivity contribution in [3.05, 3.63) is 29.8 Å². The Bertz CT molecular complexity index is 379. The number of benzene rings is 1. The summed E-state index contributed by atoms with van der Waals surface area (Å²) in [5.41, 5.74) is 0.257.